The molecule has 0 radical (unpaired) electrons. The number of nitro benzene ring substituents is 1. The van der Waals surface area contributed by atoms with Gasteiger partial charge in [-0.3, -0.25) is 19.7 Å². The first kappa shape index (κ1) is 19.9. The Hall–Kier alpha value is -3.42. The Morgan fingerprint density at radius 2 is 1.77 bits per heavy atom. The van der Waals surface area contributed by atoms with E-state index in [1.807, 2.05) is 29.2 Å². The van der Waals surface area contributed by atoms with Crippen molar-refractivity contribution < 1.29 is 14.5 Å². The van der Waals surface area contributed by atoms with Crippen LogP contribution < -0.4 is 15.1 Å². The molecule has 2 aliphatic heterocycles. The van der Waals surface area contributed by atoms with Gasteiger partial charge in [0.1, 0.15) is 5.69 Å². The fraction of sp³-hybridized carbons (Fsp3) is 0.364. The molecular formula is C22H24N4O4. The minimum absolute atomic E-state index is 0.0378. The van der Waals surface area contributed by atoms with Gasteiger partial charge in [-0.15, -0.1) is 0 Å². The SMILES string of the molecule is O=C(NCc1ccc(N2CCCC2=O)cc1)c1ccc(N2CCCC2)c([N+](=O)[O-])c1. The first-order chi connectivity index (χ1) is 14.5. The van der Waals surface area contributed by atoms with Gasteiger partial charge < -0.3 is 15.1 Å². The zero-order valence-corrected chi connectivity index (χ0v) is 16.7. The van der Waals surface area contributed by atoms with Crippen LogP contribution in [0.5, 0.6) is 0 Å². The number of nitrogens with zero attached hydrogens (tertiary/aromatic N) is 3. The Labute approximate surface area is 174 Å². The van der Waals surface area contributed by atoms with Crippen molar-refractivity contribution in [3.8, 4) is 0 Å². The van der Waals surface area contributed by atoms with Gasteiger partial charge in [0.2, 0.25) is 5.91 Å². The van der Waals surface area contributed by atoms with Crippen LogP contribution in [-0.2, 0) is 11.3 Å². The average Bonchev–Trinajstić information content (AvgIpc) is 3.44. The van der Waals surface area contributed by atoms with Crippen LogP contribution in [0, 0.1) is 10.1 Å². The molecule has 0 spiro atoms. The molecule has 2 heterocycles. The van der Waals surface area contributed by atoms with Crippen molar-refractivity contribution >= 4 is 28.9 Å². The Balaban J connectivity index is 1.41. The van der Waals surface area contributed by atoms with Crippen molar-refractivity contribution in [2.75, 3.05) is 29.4 Å². The highest BCUT2D eigenvalue weighted by molar-refractivity contribution is 5.96. The first-order valence-electron chi connectivity index (χ1n) is 10.2. The van der Waals surface area contributed by atoms with E-state index >= 15 is 0 Å². The highest BCUT2D eigenvalue weighted by Gasteiger charge is 2.24. The maximum atomic E-state index is 12.5. The predicted molar refractivity (Wildman–Crippen MR) is 114 cm³/mol. The lowest BCUT2D eigenvalue weighted by molar-refractivity contribution is -0.384. The molecule has 1 N–H and O–H groups in total. The Morgan fingerprint density at radius 1 is 1.03 bits per heavy atom. The Bertz CT molecular complexity index is 968. The number of nitrogens with one attached hydrogen (secondary N) is 1. The minimum atomic E-state index is -0.428. The van der Waals surface area contributed by atoms with Crippen LogP contribution in [0.1, 0.15) is 41.6 Å². The molecule has 2 aromatic carbocycles. The molecule has 8 nitrogen and oxygen atoms in total. The van der Waals surface area contributed by atoms with Crippen molar-refractivity contribution in [1.29, 1.82) is 0 Å². The lowest BCUT2D eigenvalue weighted by Crippen LogP contribution is -2.24. The van der Waals surface area contributed by atoms with E-state index in [-0.39, 0.29) is 23.1 Å². The lowest BCUT2D eigenvalue weighted by Gasteiger charge is -2.18. The molecular weight excluding hydrogens is 384 g/mol. The molecule has 0 saturated carbocycles. The lowest BCUT2D eigenvalue weighted by atomic mass is 10.1. The summed E-state index contributed by atoms with van der Waals surface area (Å²) in [7, 11) is 0. The molecule has 30 heavy (non-hydrogen) atoms. The van der Waals surface area contributed by atoms with Crippen molar-refractivity contribution in [1.82, 2.24) is 5.32 Å². The quantitative estimate of drug-likeness (QED) is 0.585. The molecule has 2 aromatic rings. The summed E-state index contributed by atoms with van der Waals surface area (Å²) in [6.45, 7) is 2.63. The predicted octanol–water partition coefficient (Wildman–Crippen LogP) is 3.25. The Morgan fingerprint density at radius 3 is 2.40 bits per heavy atom. The fourth-order valence-electron chi connectivity index (χ4n) is 4.04. The van der Waals surface area contributed by atoms with E-state index in [0.29, 0.717) is 18.7 Å². The van der Waals surface area contributed by atoms with Crippen LogP contribution in [-0.4, -0.2) is 36.4 Å². The molecule has 2 fully saturated rings. The van der Waals surface area contributed by atoms with Crippen LogP contribution in [0.4, 0.5) is 17.1 Å². The summed E-state index contributed by atoms with van der Waals surface area (Å²) in [4.78, 5) is 39.2. The zero-order valence-electron chi connectivity index (χ0n) is 16.7. The number of anilines is 2. The van der Waals surface area contributed by atoms with Gasteiger partial charge in [0.05, 0.1) is 4.92 Å². The van der Waals surface area contributed by atoms with Crippen molar-refractivity contribution in [2.24, 2.45) is 0 Å². The topological polar surface area (TPSA) is 95.8 Å². The summed E-state index contributed by atoms with van der Waals surface area (Å²) < 4.78 is 0. The first-order valence-corrected chi connectivity index (χ1v) is 10.2. The summed E-state index contributed by atoms with van der Waals surface area (Å²) in [6.07, 6.45) is 3.49. The molecule has 4 rings (SSSR count). The summed E-state index contributed by atoms with van der Waals surface area (Å²) in [5.74, 6) is -0.222. The second-order valence-corrected chi connectivity index (χ2v) is 7.65. The van der Waals surface area contributed by atoms with E-state index in [1.165, 1.54) is 6.07 Å². The summed E-state index contributed by atoms with van der Waals surface area (Å²) >= 11 is 0. The van der Waals surface area contributed by atoms with E-state index in [1.54, 1.807) is 17.0 Å². The average molecular weight is 408 g/mol. The third-order valence-corrected chi connectivity index (χ3v) is 5.66. The number of hydrogen-bond donors (Lipinski definition) is 1. The van der Waals surface area contributed by atoms with Crippen LogP contribution >= 0.6 is 0 Å². The van der Waals surface area contributed by atoms with Gasteiger partial charge in [-0.25, -0.2) is 0 Å². The molecule has 0 aliphatic carbocycles. The second-order valence-electron chi connectivity index (χ2n) is 7.65. The van der Waals surface area contributed by atoms with E-state index in [2.05, 4.69) is 5.32 Å². The van der Waals surface area contributed by atoms with Crippen molar-refractivity contribution in [3.63, 3.8) is 0 Å². The van der Waals surface area contributed by atoms with Gasteiger partial charge in [-0.05, 0) is 49.1 Å². The molecule has 0 aromatic heterocycles. The molecule has 0 atom stereocenters. The van der Waals surface area contributed by atoms with E-state index in [9.17, 15) is 19.7 Å². The van der Waals surface area contributed by atoms with Crippen LogP contribution in [0.25, 0.3) is 0 Å². The molecule has 156 valence electrons. The number of benzene rings is 2. The van der Waals surface area contributed by atoms with E-state index in [4.69, 9.17) is 0 Å². The van der Waals surface area contributed by atoms with Gasteiger partial charge in [0.25, 0.3) is 11.6 Å². The molecule has 8 heteroatoms. The smallest absolute Gasteiger partial charge is 0.293 e. The molecule has 0 bridgehead atoms. The summed E-state index contributed by atoms with van der Waals surface area (Å²) in [6, 6.07) is 12.2. The number of amides is 2. The maximum Gasteiger partial charge on any atom is 0.293 e. The highest BCUT2D eigenvalue weighted by atomic mass is 16.6. The van der Waals surface area contributed by atoms with Gasteiger partial charge >= 0.3 is 0 Å². The normalized spacial score (nSPS) is 16.2. The number of nitro groups is 1. The second kappa shape index (κ2) is 8.52. The Kier molecular flexibility index (Phi) is 5.65. The molecule has 2 aliphatic rings. The third kappa shape index (κ3) is 4.12. The summed E-state index contributed by atoms with van der Waals surface area (Å²) in [5.41, 5.74) is 2.55. The third-order valence-electron chi connectivity index (χ3n) is 5.66. The van der Waals surface area contributed by atoms with Crippen LogP contribution in [0.3, 0.4) is 0 Å². The zero-order chi connectivity index (χ0) is 21.1. The number of hydrogen-bond acceptors (Lipinski definition) is 5. The van der Waals surface area contributed by atoms with Crippen LogP contribution in [0.15, 0.2) is 42.5 Å². The molecule has 0 unspecified atom stereocenters. The fourth-order valence-corrected chi connectivity index (χ4v) is 4.04. The monoisotopic (exact) mass is 408 g/mol. The van der Waals surface area contributed by atoms with Gasteiger partial charge in [-0.2, -0.15) is 0 Å². The number of carbonyl (C=O) groups is 2. The van der Waals surface area contributed by atoms with Crippen molar-refractivity contribution in [3.05, 3.63) is 63.7 Å². The summed E-state index contributed by atoms with van der Waals surface area (Å²) in [5, 5.41) is 14.3. The standard InChI is InChI=1S/C22H24N4O4/c27-21-4-3-13-25(21)18-8-5-16(6-9-18)15-23-22(28)17-7-10-19(20(14-17)26(29)30)24-11-1-2-12-24/h5-10,14H,1-4,11-13,15H2,(H,23,28). The van der Waals surface area contributed by atoms with Crippen molar-refractivity contribution in [2.45, 2.75) is 32.2 Å². The van der Waals surface area contributed by atoms with E-state index in [0.717, 1.165) is 50.1 Å². The molecule has 2 amide bonds. The maximum absolute atomic E-state index is 12.5. The molecule has 2 saturated heterocycles. The highest BCUT2D eigenvalue weighted by Crippen LogP contribution is 2.31. The largest absolute Gasteiger partial charge is 0.366 e. The van der Waals surface area contributed by atoms with Crippen LogP contribution in [0.2, 0.25) is 0 Å². The van der Waals surface area contributed by atoms with E-state index < -0.39 is 4.92 Å². The van der Waals surface area contributed by atoms with Gasteiger partial charge in [-0.1, -0.05) is 12.1 Å². The van der Waals surface area contributed by atoms with Gasteiger partial charge in [0.15, 0.2) is 0 Å². The number of rotatable bonds is 6. The number of carbonyl (C=O) groups excluding carboxylic acids is 2. The minimum Gasteiger partial charge on any atom is -0.366 e. The van der Waals surface area contributed by atoms with Gasteiger partial charge in [0, 0.05) is 49.9 Å².